The van der Waals surface area contributed by atoms with Crippen LogP contribution in [0.1, 0.15) is 45.6 Å². The minimum Gasteiger partial charge on any atom is -0.360 e. The van der Waals surface area contributed by atoms with E-state index in [0.29, 0.717) is 19.0 Å². The van der Waals surface area contributed by atoms with Crippen molar-refractivity contribution in [2.45, 2.75) is 58.3 Å². The Morgan fingerprint density at radius 3 is 2.72 bits per heavy atom. The molecule has 4 fully saturated rings. The molecule has 168 valence electrons. The van der Waals surface area contributed by atoms with Crippen LogP contribution in [0.25, 0.3) is 0 Å². The van der Waals surface area contributed by atoms with Crippen LogP contribution in [0.15, 0.2) is 47.6 Å². The van der Waals surface area contributed by atoms with E-state index >= 15 is 0 Å². The molecule has 1 N–H and O–H groups in total. The van der Waals surface area contributed by atoms with Gasteiger partial charge in [0.15, 0.2) is 0 Å². The number of hydrazone groups is 1. The van der Waals surface area contributed by atoms with E-state index in [-0.39, 0.29) is 28.7 Å². The molecule has 0 radical (unpaired) electrons. The molecule has 32 heavy (non-hydrogen) atoms. The van der Waals surface area contributed by atoms with Gasteiger partial charge in [-0.25, -0.2) is 5.43 Å². The van der Waals surface area contributed by atoms with Gasteiger partial charge in [0.25, 0.3) is 0 Å². The molecule has 4 bridgehead atoms. The molecule has 5 aliphatic rings. The minimum absolute atomic E-state index is 0.00141. The zero-order valence-corrected chi connectivity index (χ0v) is 19.0. The third-order valence-corrected chi connectivity index (χ3v) is 9.51. The van der Waals surface area contributed by atoms with Crippen molar-refractivity contribution in [1.82, 2.24) is 10.3 Å². The van der Waals surface area contributed by atoms with Crippen LogP contribution in [0.3, 0.4) is 0 Å². The van der Waals surface area contributed by atoms with E-state index < -0.39 is 17.4 Å². The highest BCUT2D eigenvalue weighted by molar-refractivity contribution is 5.96. The van der Waals surface area contributed by atoms with Gasteiger partial charge in [0.05, 0.1) is 24.5 Å². The summed E-state index contributed by atoms with van der Waals surface area (Å²) in [5.74, 6) is -0.576. The summed E-state index contributed by atoms with van der Waals surface area (Å²) in [5, 5.41) is 4.64. The maximum absolute atomic E-state index is 13.4. The van der Waals surface area contributed by atoms with Crippen LogP contribution in [0.5, 0.6) is 0 Å². The second-order valence-electron chi connectivity index (χ2n) is 11.1. The molecule has 2 aliphatic carbocycles. The molecule has 0 aromatic heterocycles. The van der Waals surface area contributed by atoms with Crippen molar-refractivity contribution in [1.29, 1.82) is 0 Å². The summed E-state index contributed by atoms with van der Waals surface area (Å²) >= 11 is 0. The fourth-order valence-corrected chi connectivity index (χ4v) is 7.11. The van der Waals surface area contributed by atoms with E-state index in [9.17, 15) is 9.59 Å². The van der Waals surface area contributed by atoms with Gasteiger partial charge in [0, 0.05) is 17.7 Å². The first-order chi connectivity index (χ1) is 15.3. The fourth-order valence-electron chi connectivity index (χ4n) is 7.11. The average Bonchev–Trinajstić information content (AvgIpc) is 3.50. The largest absolute Gasteiger partial charge is 0.360 e. The summed E-state index contributed by atoms with van der Waals surface area (Å²) in [5.41, 5.74) is 4.59. The Bertz CT molecular complexity index is 1050. The van der Waals surface area contributed by atoms with Gasteiger partial charge < -0.3 is 9.64 Å². The number of carbonyl (C=O) groups excluding carboxylic acids is 2. The maximum Gasteiger partial charge on any atom is 0.247 e. The van der Waals surface area contributed by atoms with Crippen molar-refractivity contribution in [3.63, 3.8) is 0 Å². The van der Waals surface area contributed by atoms with Crippen LogP contribution < -0.4 is 5.43 Å². The molecule has 6 rings (SSSR count). The molecule has 1 aromatic carbocycles. The molecule has 3 heterocycles. The smallest absolute Gasteiger partial charge is 0.247 e. The molecule has 2 saturated carbocycles. The number of rotatable bonds is 4. The Balaban J connectivity index is 1.21. The number of nitrogens with one attached hydrogen (secondary N) is 1. The fraction of sp³-hybridized carbons (Fsp3) is 0.577. The second kappa shape index (κ2) is 6.53. The van der Waals surface area contributed by atoms with Gasteiger partial charge in [0.2, 0.25) is 11.8 Å². The van der Waals surface area contributed by atoms with Crippen molar-refractivity contribution in [3.8, 4) is 0 Å². The summed E-state index contributed by atoms with van der Waals surface area (Å²) in [6.45, 7) is 7.96. The van der Waals surface area contributed by atoms with Gasteiger partial charge in [-0.15, -0.1) is 0 Å². The Morgan fingerprint density at radius 2 is 2.03 bits per heavy atom. The van der Waals surface area contributed by atoms with Crippen LogP contribution >= 0.6 is 0 Å². The number of fused-ring (bicyclic) bond motifs is 3. The van der Waals surface area contributed by atoms with Crippen molar-refractivity contribution in [2.75, 3.05) is 6.54 Å². The summed E-state index contributed by atoms with van der Waals surface area (Å²) in [6, 6.07) is 9.96. The SMILES string of the molecule is CC1(C)[C@@H]2CC[C@@]1(C)/C(=N/NC(=O)C1C3C=CC4(CN(Cc5ccccc5)C(=O)C14)O3)C2. The lowest BCUT2D eigenvalue weighted by Crippen LogP contribution is -2.43. The lowest BCUT2D eigenvalue weighted by atomic mass is 9.70. The van der Waals surface area contributed by atoms with Crippen molar-refractivity contribution in [3.05, 3.63) is 48.0 Å². The van der Waals surface area contributed by atoms with Crippen LogP contribution in [-0.2, 0) is 20.9 Å². The van der Waals surface area contributed by atoms with Crippen molar-refractivity contribution >= 4 is 17.5 Å². The molecular weight excluding hydrogens is 402 g/mol. The highest BCUT2D eigenvalue weighted by Crippen LogP contribution is 2.64. The lowest BCUT2D eigenvalue weighted by Gasteiger charge is -2.34. The molecule has 1 spiro atoms. The zero-order valence-electron chi connectivity index (χ0n) is 19.0. The minimum atomic E-state index is -0.688. The molecule has 6 nitrogen and oxygen atoms in total. The van der Waals surface area contributed by atoms with E-state index in [1.165, 1.54) is 6.42 Å². The Kier molecular flexibility index (Phi) is 4.12. The lowest BCUT2D eigenvalue weighted by molar-refractivity contribution is -0.137. The van der Waals surface area contributed by atoms with E-state index in [2.05, 4.69) is 31.3 Å². The molecule has 1 aromatic rings. The van der Waals surface area contributed by atoms with Crippen LogP contribution in [0, 0.1) is 28.6 Å². The predicted molar refractivity (Wildman–Crippen MR) is 120 cm³/mol. The van der Waals surface area contributed by atoms with Gasteiger partial charge in [-0.2, -0.15) is 5.10 Å². The van der Waals surface area contributed by atoms with Gasteiger partial charge in [-0.1, -0.05) is 63.3 Å². The molecular formula is C26H31N3O3. The number of likely N-dealkylation sites (tertiary alicyclic amines) is 1. The first-order valence-corrected chi connectivity index (χ1v) is 11.8. The second-order valence-corrected chi connectivity index (χ2v) is 11.1. The normalized spacial score (nSPS) is 41.7. The number of nitrogens with zero attached hydrogens (tertiary/aromatic N) is 2. The van der Waals surface area contributed by atoms with Crippen molar-refractivity contribution < 1.29 is 14.3 Å². The highest BCUT2D eigenvalue weighted by Gasteiger charge is 2.67. The predicted octanol–water partition coefficient (Wildman–Crippen LogP) is 3.29. The van der Waals surface area contributed by atoms with E-state index in [1.54, 1.807) is 0 Å². The standard InChI is InChI=1S/C26H31N3O3/c1-24(2)17-9-11-25(24,3)19(13-17)27-28-22(30)20-18-10-12-26(32-18)15-29(23(31)21(20)26)14-16-7-5-4-6-8-16/h4-8,10,12,17-18,20-21H,9,11,13-15H2,1-3H3,(H,28,30)/b27-19+/t17-,18?,20?,21?,25+,26?/m1/s1. The summed E-state index contributed by atoms with van der Waals surface area (Å²) in [6.07, 6.45) is 6.91. The molecule has 3 aliphatic heterocycles. The summed E-state index contributed by atoms with van der Waals surface area (Å²) < 4.78 is 6.25. The van der Waals surface area contributed by atoms with Gasteiger partial charge in [0.1, 0.15) is 5.60 Å². The van der Waals surface area contributed by atoms with Crippen molar-refractivity contribution in [2.24, 2.45) is 33.7 Å². The van der Waals surface area contributed by atoms with Crippen LogP contribution in [0.4, 0.5) is 0 Å². The number of amides is 2. The van der Waals surface area contributed by atoms with Gasteiger partial charge in [-0.3, -0.25) is 9.59 Å². The average molecular weight is 434 g/mol. The number of hydrogen-bond donors (Lipinski definition) is 1. The molecule has 4 unspecified atom stereocenters. The summed E-state index contributed by atoms with van der Waals surface area (Å²) in [4.78, 5) is 28.5. The monoisotopic (exact) mass is 433 g/mol. The van der Waals surface area contributed by atoms with E-state index in [1.807, 2.05) is 47.4 Å². The van der Waals surface area contributed by atoms with E-state index in [4.69, 9.17) is 4.74 Å². The molecule has 6 heteroatoms. The first-order valence-electron chi connectivity index (χ1n) is 11.8. The molecule has 2 amide bonds. The number of benzene rings is 1. The van der Waals surface area contributed by atoms with E-state index in [0.717, 1.165) is 24.1 Å². The number of ether oxygens (including phenoxy) is 1. The summed E-state index contributed by atoms with van der Waals surface area (Å²) in [7, 11) is 0. The third-order valence-electron chi connectivity index (χ3n) is 9.51. The van der Waals surface area contributed by atoms with Crippen LogP contribution in [0.2, 0.25) is 0 Å². The number of carbonyl (C=O) groups is 2. The van der Waals surface area contributed by atoms with Gasteiger partial charge >= 0.3 is 0 Å². The maximum atomic E-state index is 13.4. The molecule has 2 saturated heterocycles. The Morgan fingerprint density at radius 1 is 1.25 bits per heavy atom. The quantitative estimate of drug-likeness (QED) is 0.585. The number of hydrogen-bond acceptors (Lipinski definition) is 4. The van der Waals surface area contributed by atoms with Crippen LogP contribution in [-0.4, -0.2) is 40.7 Å². The first kappa shape index (κ1) is 20.2. The Labute approximate surface area is 189 Å². The zero-order chi connectivity index (χ0) is 22.3. The molecule has 6 atom stereocenters. The third kappa shape index (κ3) is 2.53. The van der Waals surface area contributed by atoms with Gasteiger partial charge in [-0.05, 0) is 36.2 Å². The Hall–Kier alpha value is -2.47. The highest BCUT2D eigenvalue weighted by atomic mass is 16.5. The topological polar surface area (TPSA) is 71.0 Å².